The Kier molecular flexibility index (Phi) is 7.61. The van der Waals surface area contributed by atoms with Gasteiger partial charge in [-0.05, 0) is 31.0 Å². The second kappa shape index (κ2) is 8.69. The van der Waals surface area contributed by atoms with E-state index in [1.807, 2.05) is 31.2 Å². The molecule has 2 rings (SSSR count). The lowest BCUT2D eigenvalue weighted by molar-refractivity contribution is 0.188. The normalized spacial score (nSPS) is 18.9. The van der Waals surface area contributed by atoms with Crippen LogP contribution in [0.15, 0.2) is 29.3 Å². The van der Waals surface area contributed by atoms with Gasteiger partial charge in [0.1, 0.15) is 0 Å². The van der Waals surface area contributed by atoms with Crippen LogP contribution >= 0.6 is 35.6 Å². The van der Waals surface area contributed by atoms with Gasteiger partial charge in [0.05, 0.1) is 12.6 Å². The first-order valence-electron chi connectivity index (χ1n) is 6.65. The maximum absolute atomic E-state index is 9.59. The molecule has 1 atom stereocenters. The van der Waals surface area contributed by atoms with Gasteiger partial charge in [0.25, 0.3) is 0 Å². The molecule has 1 aliphatic heterocycles. The number of hydrogen-bond acceptors (Lipinski definition) is 2. The zero-order valence-corrected chi connectivity index (χ0v) is 14.6. The van der Waals surface area contributed by atoms with Crippen molar-refractivity contribution in [3.63, 3.8) is 0 Å². The van der Waals surface area contributed by atoms with Crippen LogP contribution in [0.1, 0.15) is 18.9 Å². The quantitative estimate of drug-likeness (QED) is 0.458. The summed E-state index contributed by atoms with van der Waals surface area (Å²) in [5.41, 5.74) is 1.12. The first-order chi connectivity index (χ1) is 9.19. The number of aliphatic hydroxyl groups is 1. The van der Waals surface area contributed by atoms with E-state index in [0.29, 0.717) is 13.1 Å². The fraction of sp³-hybridized carbons (Fsp3) is 0.500. The molecule has 1 aliphatic rings. The standard InChI is InChI=1S/C14H20ClN3O.HI/c1-2-16-14(18-8-7-13(19)10-18)17-9-11-3-5-12(15)6-4-11;/h3-6,13,19H,2,7-10H2,1H3,(H,16,17);1H/t13-;/m1./s1. The molecule has 0 saturated carbocycles. The molecule has 2 N–H and O–H groups in total. The monoisotopic (exact) mass is 409 g/mol. The molecule has 0 spiro atoms. The summed E-state index contributed by atoms with van der Waals surface area (Å²) in [6, 6.07) is 7.71. The average molecular weight is 410 g/mol. The van der Waals surface area contributed by atoms with Crippen molar-refractivity contribution in [2.75, 3.05) is 19.6 Å². The number of guanidine groups is 1. The Bertz CT molecular complexity index is 439. The molecule has 0 amide bonds. The van der Waals surface area contributed by atoms with Crippen LogP contribution in [0.2, 0.25) is 5.02 Å². The van der Waals surface area contributed by atoms with Gasteiger partial charge in [0.2, 0.25) is 0 Å². The number of β-amino-alcohol motifs (C(OH)–C–C–N with tert-alkyl or cyclic N) is 1. The summed E-state index contributed by atoms with van der Waals surface area (Å²) in [4.78, 5) is 6.71. The van der Waals surface area contributed by atoms with Crippen molar-refractivity contribution in [2.24, 2.45) is 4.99 Å². The number of likely N-dealkylation sites (tertiary alicyclic amines) is 1. The maximum atomic E-state index is 9.59. The van der Waals surface area contributed by atoms with Crippen LogP contribution in [-0.4, -0.2) is 41.7 Å². The molecule has 6 heteroatoms. The molecule has 4 nitrogen and oxygen atoms in total. The first-order valence-corrected chi connectivity index (χ1v) is 7.02. The summed E-state index contributed by atoms with van der Waals surface area (Å²) >= 11 is 5.86. The van der Waals surface area contributed by atoms with E-state index in [1.54, 1.807) is 0 Å². The van der Waals surface area contributed by atoms with Crippen molar-refractivity contribution >= 4 is 41.5 Å². The SMILES string of the molecule is CCNC(=NCc1ccc(Cl)cc1)N1CC[C@@H](O)C1.I. The Labute approximate surface area is 142 Å². The summed E-state index contributed by atoms with van der Waals surface area (Å²) in [6.07, 6.45) is 0.574. The lowest BCUT2D eigenvalue weighted by Crippen LogP contribution is -2.40. The number of rotatable bonds is 3. The molecular weight excluding hydrogens is 389 g/mol. The first kappa shape index (κ1) is 17.5. The zero-order valence-electron chi connectivity index (χ0n) is 11.6. The summed E-state index contributed by atoms with van der Waals surface area (Å²) in [5, 5.41) is 13.6. The number of hydrogen-bond donors (Lipinski definition) is 2. The number of aliphatic hydroxyl groups excluding tert-OH is 1. The van der Waals surface area contributed by atoms with Gasteiger partial charge in [-0.15, -0.1) is 24.0 Å². The van der Waals surface area contributed by atoms with Crippen LogP contribution < -0.4 is 5.32 Å². The van der Waals surface area contributed by atoms with Crippen molar-refractivity contribution in [2.45, 2.75) is 26.0 Å². The van der Waals surface area contributed by atoms with Crippen molar-refractivity contribution in [1.29, 1.82) is 0 Å². The second-order valence-electron chi connectivity index (χ2n) is 4.69. The minimum Gasteiger partial charge on any atom is -0.391 e. The van der Waals surface area contributed by atoms with Gasteiger partial charge in [0, 0.05) is 24.7 Å². The molecule has 1 aromatic carbocycles. The number of halogens is 2. The minimum absolute atomic E-state index is 0. The van der Waals surface area contributed by atoms with Gasteiger partial charge in [-0.25, -0.2) is 4.99 Å². The summed E-state index contributed by atoms with van der Waals surface area (Å²) in [6.45, 7) is 5.00. The van der Waals surface area contributed by atoms with E-state index in [9.17, 15) is 5.11 Å². The highest BCUT2D eigenvalue weighted by Gasteiger charge is 2.22. The summed E-state index contributed by atoms with van der Waals surface area (Å²) in [7, 11) is 0. The van der Waals surface area contributed by atoms with Crippen LogP contribution in [0, 0.1) is 0 Å². The number of aliphatic imine (C=N–C) groups is 1. The number of nitrogens with zero attached hydrogens (tertiary/aromatic N) is 2. The highest BCUT2D eigenvalue weighted by Crippen LogP contribution is 2.12. The molecule has 0 aliphatic carbocycles. The Morgan fingerprint density at radius 2 is 2.15 bits per heavy atom. The van der Waals surface area contributed by atoms with E-state index in [4.69, 9.17) is 11.6 Å². The third-order valence-corrected chi connectivity index (χ3v) is 3.37. The second-order valence-corrected chi connectivity index (χ2v) is 5.12. The van der Waals surface area contributed by atoms with E-state index in [2.05, 4.69) is 15.2 Å². The fourth-order valence-electron chi connectivity index (χ4n) is 2.12. The van der Waals surface area contributed by atoms with Gasteiger partial charge >= 0.3 is 0 Å². The maximum Gasteiger partial charge on any atom is 0.194 e. The molecule has 0 bridgehead atoms. The van der Waals surface area contributed by atoms with Crippen molar-refractivity contribution in [1.82, 2.24) is 10.2 Å². The van der Waals surface area contributed by atoms with E-state index in [1.165, 1.54) is 0 Å². The Balaban J connectivity index is 0.00000200. The van der Waals surface area contributed by atoms with Crippen LogP contribution in [0.25, 0.3) is 0 Å². The molecule has 1 fully saturated rings. The van der Waals surface area contributed by atoms with E-state index in [-0.39, 0.29) is 30.1 Å². The predicted octanol–water partition coefficient (Wildman–Crippen LogP) is 2.49. The third-order valence-electron chi connectivity index (χ3n) is 3.12. The Morgan fingerprint density at radius 3 is 2.70 bits per heavy atom. The third kappa shape index (κ3) is 5.10. The summed E-state index contributed by atoms with van der Waals surface area (Å²) < 4.78 is 0. The van der Waals surface area contributed by atoms with Crippen LogP contribution in [0.4, 0.5) is 0 Å². The minimum atomic E-state index is -0.237. The molecule has 20 heavy (non-hydrogen) atoms. The smallest absolute Gasteiger partial charge is 0.194 e. The Morgan fingerprint density at radius 1 is 1.45 bits per heavy atom. The number of benzene rings is 1. The van der Waals surface area contributed by atoms with E-state index >= 15 is 0 Å². The topological polar surface area (TPSA) is 47.9 Å². The predicted molar refractivity (Wildman–Crippen MR) is 93.9 cm³/mol. The van der Waals surface area contributed by atoms with Crippen LogP contribution in [0.3, 0.4) is 0 Å². The molecule has 112 valence electrons. The van der Waals surface area contributed by atoms with Crippen LogP contribution in [-0.2, 0) is 6.54 Å². The largest absolute Gasteiger partial charge is 0.391 e. The van der Waals surface area contributed by atoms with Crippen LogP contribution in [0.5, 0.6) is 0 Å². The average Bonchev–Trinajstić information content (AvgIpc) is 2.83. The van der Waals surface area contributed by atoms with Gasteiger partial charge in [-0.2, -0.15) is 0 Å². The lowest BCUT2D eigenvalue weighted by atomic mass is 10.2. The molecule has 1 aromatic rings. The van der Waals surface area contributed by atoms with E-state index in [0.717, 1.165) is 36.1 Å². The highest BCUT2D eigenvalue weighted by atomic mass is 127. The zero-order chi connectivity index (χ0) is 13.7. The molecule has 0 aromatic heterocycles. The van der Waals surface area contributed by atoms with Crippen molar-refractivity contribution < 1.29 is 5.11 Å². The molecule has 1 heterocycles. The molecule has 0 unspecified atom stereocenters. The summed E-state index contributed by atoms with van der Waals surface area (Å²) in [5.74, 6) is 0.869. The Hall–Kier alpha value is -0.530. The number of nitrogens with one attached hydrogen (secondary N) is 1. The highest BCUT2D eigenvalue weighted by molar-refractivity contribution is 14.0. The van der Waals surface area contributed by atoms with Crippen molar-refractivity contribution in [3.8, 4) is 0 Å². The van der Waals surface area contributed by atoms with Gasteiger partial charge in [-0.3, -0.25) is 0 Å². The van der Waals surface area contributed by atoms with Gasteiger partial charge < -0.3 is 15.3 Å². The molecule has 0 radical (unpaired) electrons. The van der Waals surface area contributed by atoms with Gasteiger partial charge in [-0.1, -0.05) is 23.7 Å². The fourth-order valence-corrected chi connectivity index (χ4v) is 2.24. The van der Waals surface area contributed by atoms with E-state index < -0.39 is 0 Å². The lowest BCUT2D eigenvalue weighted by Gasteiger charge is -2.20. The van der Waals surface area contributed by atoms with Gasteiger partial charge in [0.15, 0.2) is 5.96 Å². The molecular formula is C14H21ClIN3O. The molecule has 1 saturated heterocycles. The van der Waals surface area contributed by atoms with Crippen molar-refractivity contribution in [3.05, 3.63) is 34.9 Å².